The third-order valence-electron chi connectivity index (χ3n) is 1.84. The standard InChI is InChI=1S/C10H12BrNO2/c1-7-4-3-5-8(10(7)11)12-6-9(13)14-2/h3-5,12H,6H2,1-2H3. The predicted octanol–water partition coefficient (Wildman–Crippen LogP) is 2.34. The highest BCUT2D eigenvalue weighted by Crippen LogP contribution is 2.25. The number of nitrogens with one attached hydrogen (secondary N) is 1. The molecule has 0 aromatic heterocycles. The van der Waals surface area contributed by atoms with Crippen molar-refractivity contribution < 1.29 is 9.53 Å². The predicted molar refractivity (Wildman–Crippen MR) is 59.4 cm³/mol. The molecule has 1 aromatic rings. The molecule has 0 fully saturated rings. The highest BCUT2D eigenvalue weighted by Gasteiger charge is 2.04. The molecule has 0 aliphatic heterocycles. The van der Waals surface area contributed by atoms with E-state index < -0.39 is 0 Å². The molecule has 3 nitrogen and oxygen atoms in total. The minimum Gasteiger partial charge on any atom is -0.468 e. The van der Waals surface area contributed by atoms with Gasteiger partial charge >= 0.3 is 5.97 Å². The zero-order chi connectivity index (χ0) is 10.6. The molecule has 0 saturated carbocycles. The first-order valence-corrected chi connectivity index (χ1v) is 5.00. The van der Waals surface area contributed by atoms with E-state index >= 15 is 0 Å². The number of anilines is 1. The molecule has 76 valence electrons. The van der Waals surface area contributed by atoms with Gasteiger partial charge in [0.2, 0.25) is 0 Å². The molecule has 0 amide bonds. The molecule has 14 heavy (non-hydrogen) atoms. The van der Waals surface area contributed by atoms with Crippen LogP contribution < -0.4 is 5.32 Å². The number of halogens is 1. The number of carbonyl (C=O) groups excluding carboxylic acids is 1. The number of methoxy groups -OCH3 is 1. The number of benzene rings is 1. The molecule has 0 aliphatic rings. The number of aryl methyl sites for hydroxylation is 1. The first-order valence-electron chi connectivity index (χ1n) is 4.21. The fraction of sp³-hybridized carbons (Fsp3) is 0.300. The van der Waals surface area contributed by atoms with Crippen molar-refractivity contribution in [3.05, 3.63) is 28.2 Å². The van der Waals surface area contributed by atoms with Gasteiger partial charge in [-0.15, -0.1) is 0 Å². The van der Waals surface area contributed by atoms with Crippen molar-refractivity contribution >= 4 is 27.6 Å². The smallest absolute Gasteiger partial charge is 0.325 e. The highest BCUT2D eigenvalue weighted by molar-refractivity contribution is 9.10. The largest absolute Gasteiger partial charge is 0.468 e. The number of rotatable bonds is 3. The van der Waals surface area contributed by atoms with Gasteiger partial charge in [0, 0.05) is 10.2 Å². The quantitative estimate of drug-likeness (QED) is 0.845. The Balaban J connectivity index is 2.68. The lowest BCUT2D eigenvalue weighted by Gasteiger charge is -2.08. The van der Waals surface area contributed by atoms with E-state index in [4.69, 9.17) is 0 Å². The Hall–Kier alpha value is -1.03. The van der Waals surface area contributed by atoms with Crippen LogP contribution in [0.4, 0.5) is 5.69 Å². The summed E-state index contributed by atoms with van der Waals surface area (Å²) in [6, 6.07) is 5.83. The summed E-state index contributed by atoms with van der Waals surface area (Å²) >= 11 is 3.44. The normalized spacial score (nSPS) is 9.64. The Morgan fingerprint density at radius 3 is 2.93 bits per heavy atom. The van der Waals surface area contributed by atoms with Crippen LogP contribution in [-0.2, 0) is 9.53 Å². The first kappa shape index (κ1) is 11.0. The van der Waals surface area contributed by atoms with Crippen molar-refractivity contribution in [1.82, 2.24) is 0 Å². The van der Waals surface area contributed by atoms with Crippen molar-refractivity contribution in [2.24, 2.45) is 0 Å². The van der Waals surface area contributed by atoms with Gasteiger partial charge in [-0.3, -0.25) is 4.79 Å². The van der Waals surface area contributed by atoms with Crippen LogP contribution >= 0.6 is 15.9 Å². The molecular formula is C10H12BrNO2. The molecule has 1 rings (SSSR count). The molecule has 0 radical (unpaired) electrons. The Morgan fingerprint density at radius 1 is 1.57 bits per heavy atom. The molecule has 0 atom stereocenters. The van der Waals surface area contributed by atoms with E-state index in [1.165, 1.54) is 7.11 Å². The molecule has 0 aliphatic carbocycles. The van der Waals surface area contributed by atoms with Crippen molar-refractivity contribution in [3.63, 3.8) is 0 Å². The third kappa shape index (κ3) is 2.73. The number of hydrogen-bond donors (Lipinski definition) is 1. The molecule has 1 N–H and O–H groups in total. The van der Waals surface area contributed by atoms with Gasteiger partial charge in [-0.2, -0.15) is 0 Å². The van der Waals surface area contributed by atoms with E-state index in [2.05, 4.69) is 26.0 Å². The number of carbonyl (C=O) groups is 1. The molecule has 0 bridgehead atoms. The van der Waals surface area contributed by atoms with Crippen LogP contribution in [0.2, 0.25) is 0 Å². The minimum absolute atomic E-state index is 0.179. The van der Waals surface area contributed by atoms with Crippen LogP contribution in [0.25, 0.3) is 0 Å². The maximum atomic E-state index is 10.9. The Labute approximate surface area is 91.6 Å². The van der Waals surface area contributed by atoms with Gasteiger partial charge < -0.3 is 10.1 Å². The fourth-order valence-corrected chi connectivity index (χ4v) is 1.43. The fourth-order valence-electron chi connectivity index (χ4n) is 1.02. The zero-order valence-electron chi connectivity index (χ0n) is 8.13. The van der Waals surface area contributed by atoms with Crippen LogP contribution in [0.15, 0.2) is 22.7 Å². The van der Waals surface area contributed by atoms with Gasteiger partial charge in [0.15, 0.2) is 0 Å². The first-order chi connectivity index (χ1) is 6.65. The van der Waals surface area contributed by atoms with Crippen molar-refractivity contribution in [3.8, 4) is 0 Å². The van der Waals surface area contributed by atoms with E-state index in [-0.39, 0.29) is 12.5 Å². The maximum absolute atomic E-state index is 10.9. The van der Waals surface area contributed by atoms with Gasteiger partial charge in [0.1, 0.15) is 6.54 Å². The van der Waals surface area contributed by atoms with E-state index in [1.54, 1.807) is 0 Å². The summed E-state index contributed by atoms with van der Waals surface area (Å²) in [5.74, 6) is -0.279. The molecular weight excluding hydrogens is 246 g/mol. The summed E-state index contributed by atoms with van der Waals surface area (Å²) in [6.45, 7) is 2.17. The number of hydrogen-bond acceptors (Lipinski definition) is 3. The number of ether oxygens (including phenoxy) is 1. The van der Waals surface area contributed by atoms with Gasteiger partial charge in [-0.1, -0.05) is 12.1 Å². The zero-order valence-corrected chi connectivity index (χ0v) is 9.72. The Kier molecular flexibility index (Phi) is 3.95. The lowest BCUT2D eigenvalue weighted by atomic mass is 10.2. The van der Waals surface area contributed by atoms with Crippen molar-refractivity contribution in [1.29, 1.82) is 0 Å². The van der Waals surface area contributed by atoms with Gasteiger partial charge in [0.05, 0.1) is 7.11 Å². The average molecular weight is 258 g/mol. The molecule has 4 heteroatoms. The summed E-state index contributed by atoms with van der Waals surface area (Å²) in [6.07, 6.45) is 0. The Bertz CT molecular complexity index is 339. The topological polar surface area (TPSA) is 38.3 Å². The van der Waals surface area contributed by atoms with Crippen molar-refractivity contribution in [2.45, 2.75) is 6.92 Å². The van der Waals surface area contributed by atoms with Crippen LogP contribution in [0, 0.1) is 6.92 Å². The van der Waals surface area contributed by atoms with Gasteiger partial charge in [-0.25, -0.2) is 0 Å². The van der Waals surface area contributed by atoms with E-state index in [1.807, 2.05) is 25.1 Å². The molecule has 0 spiro atoms. The van der Waals surface area contributed by atoms with Crippen LogP contribution in [0.3, 0.4) is 0 Å². The second-order valence-corrected chi connectivity index (χ2v) is 3.66. The molecule has 0 heterocycles. The van der Waals surface area contributed by atoms with Crippen LogP contribution in [-0.4, -0.2) is 19.6 Å². The monoisotopic (exact) mass is 257 g/mol. The van der Waals surface area contributed by atoms with Crippen molar-refractivity contribution in [2.75, 3.05) is 19.0 Å². The third-order valence-corrected chi connectivity index (χ3v) is 2.90. The maximum Gasteiger partial charge on any atom is 0.325 e. The summed E-state index contributed by atoms with van der Waals surface area (Å²) in [5, 5.41) is 2.98. The lowest BCUT2D eigenvalue weighted by Crippen LogP contribution is -2.15. The molecule has 0 unspecified atom stereocenters. The summed E-state index contributed by atoms with van der Waals surface area (Å²) in [7, 11) is 1.37. The van der Waals surface area contributed by atoms with E-state index in [9.17, 15) is 4.79 Å². The average Bonchev–Trinajstić information content (AvgIpc) is 2.20. The lowest BCUT2D eigenvalue weighted by molar-refractivity contribution is -0.138. The second-order valence-electron chi connectivity index (χ2n) is 2.87. The van der Waals surface area contributed by atoms with Crippen LogP contribution in [0.1, 0.15) is 5.56 Å². The molecule has 0 saturated heterocycles. The minimum atomic E-state index is -0.279. The van der Waals surface area contributed by atoms with E-state index in [0.717, 1.165) is 15.7 Å². The highest BCUT2D eigenvalue weighted by atomic mass is 79.9. The number of esters is 1. The Morgan fingerprint density at radius 2 is 2.29 bits per heavy atom. The molecule has 1 aromatic carbocycles. The SMILES string of the molecule is COC(=O)CNc1cccc(C)c1Br. The summed E-state index contributed by atoms with van der Waals surface area (Å²) in [5.41, 5.74) is 2.02. The second kappa shape index (κ2) is 5.00. The van der Waals surface area contributed by atoms with Crippen LogP contribution in [0.5, 0.6) is 0 Å². The van der Waals surface area contributed by atoms with Gasteiger partial charge in [0.25, 0.3) is 0 Å². The van der Waals surface area contributed by atoms with E-state index in [0.29, 0.717) is 0 Å². The summed E-state index contributed by atoms with van der Waals surface area (Å²) in [4.78, 5) is 10.9. The van der Waals surface area contributed by atoms with Gasteiger partial charge in [-0.05, 0) is 34.5 Å². The summed E-state index contributed by atoms with van der Waals surface area (Å²) < 4.78 is 5.50.